The molecule has 2 N–H and O–H groups in total. The van der Waals surface area contributed by atoms with Crippen LogP contribution in [0.25, 0.3) is 0 Å². The van der Waals surface area contributed by atoms with Gasteiger partial charge in [0.25, 0.3) is 5.91 Å². The zero-order valence-corrected chi connectivity index (χ0v) is 14.5. The molecular weight excluding hydrogens is 341 g/mol. The quantitative estimate of drug-likeness (QED) is 0.793. The van der Waals surface area contributed by atoms with Crippen molar-refractivity contribution in [1.82, 2.24) is 10.6 Å². The summed E-state index contributed by atoms with van der Waals surface area (Å²) in [4.78, 5) is 29.5. The molecule has 1 aromatic carbocycles. The Morgan fingerprint density at radius 1 is 1.42 bits per heavy atom. The number of hydrogen-bond donors (Lipinski definition) is 2. The van der Waals surface area contributed by atoms with Crippen molar-refractivity contribution in [2.24, 2.45) is 5.16 Å². The van der Waals surface area contributed by atoms with Crippen molar-refractivity contribution < 1.29 is 23.6 Å². The van der Waals surface area contributed by atoms with Gasteiger partial charge in [0.2, 0.25) is 12.0 Å². The second-order valence-corrected chi connectivity index (χ2v) is 6.46. The SMILES string of the molecule is C[C@@H](NC(=O)[C@@H]1CC(c2cccc(F)c2)=NO1)C(=O)NC[C@H]1CCCO1. The van der Waals surface area contributed by atoms with Crippen LogP contribution in [0.1, 0.15) is 31.7 Å². The molecule has 0 unspecified atom stereocenters. The fourth-order valence-corrected chi connectivity index (χ4v) is 2.90. The summed E-state index contributed by atoms with van der Waals surface area (Å²) in [6, 6.07) is 5.24. The molecule has 0 radical (unpaired) electrons. The fraction of sp³-hybridized carbons (Fsp3) is 0.500. The Morgan fingerprint density at radius 2 is 2.27 bits per heavy atom. The highest BCUT2D eigenvalue weighted by molar-refractivity contribution is 6.04. The molecule has 2 aliphatic heterocycles. The van der Waals surface area contributed by atoms with Crippen molar-refractivity contribution in [3.05, 3.63) is 35.6 Å². The highest BCUT2D eigenvalue weighted by Gasteiger charge is 2.31. The number of nitrogens with zero attached hydrogens (tertiary/aromatic N) is 1. The molecule has 140 valence electrons. The van der Waals surface area contributed by atoms with Crippen molar-refractivity contribution in [3.63, 3.8) is 0 Å². The smallest absolute Gasteiger partial charge is 0.264 e. The Hall–Kier alpha value is -2.48. The van der Waals surface area contributed by atoms with Gasteiger partial charge < -0.3 is 20.2 Å². The third-order valence-corrected chi connectivity index (χ3v) is 4.40. The van der Waals surface area contributed by atoms with Gasteiger partial charge in [-0.05, 0) is 31.9 Å². The van der Waals surface area contributed by atoms with Gasteiger partial charge in [0.1, 0.15) is 11.9 Å². The molecule has 0 spiro atoms. The summed E-state index contributed by atoms with van der Waals surface area (Å²) in [6.07, 6.45) is 1.36. The minimum atomic E-state index is -0.832. The lowest BCUT2D eigenvalue weighted by atomic mass is 10.0. The molecule has 8 heteroatoms. The zero-order chi connectivity index (χ0) is 18.5. The number of amides is 2. The minimum Gasteiger partial charge on any atom is -0.382 e. The first kappa shape index (κ1) is 18.3. The maximum Gasteiger partial charge on any atom is 0.264 e. The molecule has 0 bridgehead atoms. The standard InChI is InChI=1S/C18H22FN3O4/c1-11(17(23)20-10-14-6-3-7-25-14)21-18(24)16-9-15(22-26-16)12-4-2-5-13(19)8-12/h2,4-5,8,11,14,16H,3,6-7,9-10H2,1H3,(H,20,23)(H,21,24)/t11-,14-,16+/m1/s1. The van der Waals surface area contributed by atoms with Gasteiger partial charge in [-0.15, -0.1) is 0 Å². The Labute approximate surface area is 150 Å². The van der Waals surface area contributed by atoms with E-state index in [0.717, 1.165) is 19.4 Å². The van der Waals surface area contributed by atoms with Crippen molar-refractivity contribution in [2.45, 2.75) is 44.4 Å². The van der Waals surface area contributed by atoms with Gasteiger partial charge in [-0.2, -0.15) is 0 Å². The molecule has 0 saturated carbocycles. The molecule has 26 heavy (non-hydrogen) atoms. The number of ether oxygens (including phenoxy) is 1. The number of halogens is 1. The maximum atomic E-state index is 13.3. The normalized spacial score (nSPS) is 23.1. The van der Waals surface area contributed by atoms with Crippen LogP contribution >= 0.6 is 0 Å². The Balaban J connectivity index is 1.45. The van der Waals surface area contributed by atoms with E-state index < -0.39 is 18.1 Å². The van der Waals surface area contributed by atoms with Gasteiger partial charge >= 0.3 is 0 Å². The van der Waals surface area contributed by atoms with E-state index in [4.69, 9.17) is 9.57 Å². The number of nitrogens with one attached hydrogen (secondary N) is 2. The van der Waals surface area contributed by atoms with Crippen molar-refractivity contribution in [2.75, 3.05) is 13.2 Å². The van der Waals surface area contributed by atoms with E-state index >= 15 is 0 Å². The lowest BCUT2D eigenvalue weighted by Crippen LogP contribution is -2.49. The summed E-state index contributed by atoms with van der Waals surface area (Å²) in [6.45, 7) is 2.76. The van der Waals surface area contributed by atoms with E-state index in [2.05, 4.69) is 15.8 Å². The number of benzene rings is 1. The van der Waals surface area contributed by atoms with Crippen molar-refractivity contribution in [3.8, 4) is 0 Å². The largest absolute Gasteiger partial charge is 0.382 e. The van der Waals surface area contributed by atoms with E-state index in [1.807, 2.05) is 0 Å². The number of hydrogen-bond acceptors (Lipinski definition) is 5. The molecule has 7 nitrogen and oxygen atoms in total. The van der Waals surface area contributed by atoms with Gasteiger partial charge in [0.15, 0.2) is 0 Å². The summed E-state index contributed by atoms with van der Waals surface area (Å²) < 4.78 is 18.7. The van der Waals surface area contributed by atoms with Crippen LogP contribution in [0.2, 0.25) is 0 Å². The first-order chi connectivity index (χ1) is 12.5. The molecule has 1 fully saturated rings. The topological polar surface area (TPSA) is 89.0 Å². The predicted octanol–water partition coefficient (Wildman–Crippen LogP) is 1.12. The van der Waals surface area contributed by atoms with Crippen LogP contribution in [0.3, 0.4) is 0 Å². The fourth-order valence-electron chi connectivity index (χ4n) is 2.90. The summed E-state index contributed by atoms with van der Waals surface area (Å²) in [5.74, 6) is -1.09. The van der Waals surface area contributed by atoms with Gasteiger partial charge in [-0.1, -0.05) is 17.3 Å². The monoisotopic (exact) mass is 363 g/mol. The average Bonchev–Trinajstić information content (AvgIpc) is 3.31. The Bertz CT molecular complexity index is 703. The molecule has 3 rings (SSSR count). The number of carbonyl (C=O) groups is 2. The average molecular weight is 363 g/mol. The molecule has 2 aliphatic rings. The van der Waals surface area contributed by atoms with Gasteiger partial charge in [0.05, 0.1) is 11.8 Å². The molecule has 0 aliphatic carbocycles. The first-order valence-corrected chi connectivity index (χ1v) is 8.71. The highest BCUT2D eigenvalue weighted by atomic mass is 19.1. The molecule has 2 heterocycles. The molecule has 1 aromatic rings. The van der Waals surface area contributed by atoms with Crippen LogP contribution in [0.4, 0.5) is 4.39 Å². The predicted molar refractivity (Wildman–Crippen MR) is 92.0 cm³/mol. The molecule has 2 amide bonds. The van der Waals surface area contributed by atoms with Crippen LogP contribution in [-0.2, 0) is 19.2 Å². The van der Waals surface area contributed by atoms with Crippen LogP contribution in [0.5, 0.6) is 0 Å². The number of carbonyl (C=O) groups excluding carboxylic acids is 2. The van der Waals surface area contributed by atoms with Gasteiger partial charge in [-0.3, -0.25) is 9.59 Å². The minimum absolute atomic E-state index is 0.0437. The van der Waals surface area contributed by atoms with Crippen molar-refractivity contribution >= 4 is 17.5 Å². The lowest BCUT2D eigenvalue weighted by Gasteiger charge is -2.17. The number of oxime groups is 1. The highest BCUT2D eigenvalue weighted by Crippen LogP contribution is 2.17. The van der Waals surface area contributed by atoms with Gasteiger partial charge in [-0.25, -0.2) is 4.39 Å². The summed E-state index contributed by atoms with van der Waals surface area (Å²) in [7, 11) is 0. The third-order valence-electron chi connectivity index (χ3n) is 4.40. The Kier molecular flexibility index (Phi) is 5.82. The van der Waals surface area contributed by atoms with Crippen LogP contribution in [0, 0.1) is 5.82 Å². The zero-order valence-electron chi connectivity index (χ0n) is 14.5. The molecular formula is C18H22FN3O4. The van der Waals surface area contributed by atoms with Crippen LogP contribution in [-0.4, -0.2) is 48.9 Å². The third kappa shape index (κ3) is 4.57. The molecule has 1 saturated heterocycles. The lowest BCUT2D eigenvalue weighted by molar-refractivity contribution is -0.135. The van der Waals surface area contributed by atoms with E-state index in [-0.39, 0.29) is 24.2 Å². The van der Waals surface area contributed by atoms with E-state index in [1.54, 1.807) is 19.1 Å². The Morgan fingerprint density at radius 3 is 3.00 bits per heavy atom. The second kappa shape index (κ2) is 8.27. The number of rotatable bonds is 6. The van der Waals surface area contributed by atoms with E-state index in [9.17, 15) is 14.0 Å². The maximum absolute atomic E-state index is 13.3. The second-order valence-electron chi connectivity index (χ2n) is 6.46. The van der Waals surface area contributed by atoms with E-state index in [0.29, 0.717) is 17.8 Å². The van der Waals surface area contributed by atoms with Gasteiger partial charge in [0, 0.05) is 25.1 Å². The summed E-state index contributed by atoms with van der Waals surface area (Å²) >= 11 is 0. The molecule has 0 aromatic heterocycles. The first-order valence-electron chi connectivity index (χ1n) is 8.71. The van der Waals surface area contributed by atoms with Crippen LogP contribution in [0.15, 0.2) is 29.4 Å². The van der Waals surface area contributed by atoms with E-state index in [1.165, 1.54) is 12.1 Å². The summed E-state index contributed by atoms with van der Waals surface area (Å²) in [5, 5.41) is 9.25. The summed E-state index contributed by atoms with van der Waals surface area (Å²) in [5.41, 5.74) is 1.07. The van der Waals surface area contributed by atoms with Crippen LogP contribution < -0.4 is 10.6 Å². The van der Waals surface area contributed by atoms with Crippen molar-refractivity contribution in [1.29, 1.82) is 0 Å². The molecule has 3 atom stereocenters.